The highest BCUT2D eigenvalue weighted by molar-refractivity contribution is 5.32. The van der Waals surface area contributed by atoms with Crippen LogP contribution in [0.5, 0.6) is 0 Å². The molecule has 0 fully saturated rings. The lowest BCUT2D eigenvalue weighted by Gasteiger charge is -2.11. The fourth-order valence-corrected chi connectivity index (χ4v) is 1.66. The molecule has 1 heterocycles. The summed E-state index contributed by atoms with van der Waals surface area (Å²) in [6.45, 7) is 2.62. The summed E-state index contributed by atoms with van der Waals surface area (Å²) in [5, 5.41) is 3.17. The first-order valence-corrected chi connectivity index (χ1v) is 5.11. The van der Waals surface area contributed by atoms with Gasteiger partial charge < -0.3 is 11.1 Å². The first kappa shape index (κ1) is 9.40. The standard InChI is InChI=1S/C10H16N4/c1-7(5-11)13-10-12-6-8-3-2-4-9(8)14-10/h6-7H,2-5,11H2,1H3,(H,12,13,14). The van der Waals surface area contributed by atoms with E-state index in [0.29, 0.717) is 12.5 Å². The lowest BCUT2D eigenvalue weighted by atomic mass is 10.3. The third kappa shape index (κ3) is 1.85. The van der Waals surface area contributed by atoms with Crippen LogP contribution >= 0.6 is 0 Å². The molecule has 0 saturated heterocycles. The highest BCUT2D eigenvalue weighted by Crippen LogP contribution is 2.19. The molecule has 0 amide bonds. The van der Waals surface area contributed by atoms with E-state index < -0.39 is 0 Å². The maximum atomic E-state index is 5.51. The topological polar surface area (TPSA) is 63.8 Å². The smallest absolute Gasteiger partial charge is 0.223 e. The summed E-state index contributed by atoms with van der Waals surface area (Å²) in [6, 6.07) is 0.231. The summed E-state index contributed by atoms with van der Waals surface area (Å²) >= 11 is 0. The van der Waals surface area contributed by atoms with Crippen LogP contribution in [0.2, 0.25) is 0 Å². The van der Waals surface area contributed by atoms with Gasteiger partial charge in [0.1, 0.15) is 0 Å². The van der Waals surface area contributed by atoms with Gasteiger partial charge in [0.2, 0.25) is 5.95 Å². The molecule has 1 aliphatic carbocycles. The summed E-state index contributed by atoms with van der Waals surface area (Å²) < 4.78 is 0. The number of rotatable bonds is 3. The lowest BCUT2D eigenvalue weighted by Crippen LogP contribution is -2.26. The number of hydrogen-bond acceptors (Lipinski definition) is 4. The van der Waals surface area contributed by atoms with Crippen molar-refractivity contribution in [2.24, 2.45) is 5.73 Å². The van der Waals surface area contributed by atoms with Crippen molar-refractivity contribution in [1.29, 1.82) is 0 Å². The van der Waals surface area contributed by atoms with Crippen molar-refractivity contribution < 1.29 is 0 Å². The fourth-order valence-electron chi connectivity index (χ4n) is 1.66. The Morgan fingerprint density at radius 2 is 2.43 bits per heavy atom. The zero-order chi connectivity index (χ0) is 9.97. The predicted molar refractivity (Wildman–Crippen MR) is 56.2 cm³/mol. The van der Waals surface area contributed by atoms with Crippen molar-refractivity contribution in [2.45, 2.75) is 32.2 Å². The van der Waals surface area contributed by atoms with E-state index in [0.717, 1.165) is 12.8 Å². The molecule has 14 heavy (non-hydrogen) atoms. The third-order valence-corrected chi connectivity index (χ3v) is 2.54. The minimum atomic E-state index is 0.231. The molecule has 76 valence electrons. The van der Waals surface area contributed by atoms with Crippen molar-refractivity contribution in [3.05, 3.63) is 17.5 Å². The van der Waals surface area contributed by atoms with Crippen molar-refractivity contribution in [1.82, 2.24) is 9.97 Å². The number of nitrogens with one attached hydrogen (secondary N) is 1. The summed E-state index contributed by atoms with van der Waals surface area (Å²) in [5.41, 5.74) is 8.02. The van der Waals surface area contributed by atoms with Gasteiger partial charge in [-0.3, -0.25) is 0 Å². The first-order valence-electron chi connectivity index (χ1n) is 5.11. The summed E-state index contributed by atoms with van der Waals surface area (Å²) in [5.74, 6) is 0.712. The van der Waals surface area contributed by atoms with Gasteiger partial charge in [0, 0.05) is 24.5 Å². The van der Waals surface area contributed by atoms with Crippen molar-refractivity contribution >= 4 is 5.95 Å². The van der Waals surface area contributed by atoms with Crippen LogP contribution in [0, 0.1) is 0 Å². The minimum absolute atomic E-state index is 0.231. The van der Waals surface area contributed by atoms with Crippen LogP contribution in [0.3, 0.4) is 0 Å². The molecule has 0 saturated carbocycles. The second kappa shape index (κ2) is 3.92. The number of hydrogen-bond donors (Lipinski definition) is 2. The Morgan fingerprint density at radius 3 is 3.21 bits per heavy atom. The van der Waals surface area contributed by atoms with Gasteiger partial charge in [0.05, 0.1) is 0 Å². The minimum Gasteiger partial charge on any atom is -0.350 e. The number of nitrogens with zero attached hydrogens (tertiary/aromatic N) is 2. The second-order valence-electron chi connectivity index (χ2n) is 3.80. The zero-order valence-electron chi connectivity index (χ0n) is 8.45. The summed E-state index contributed by atoms with van der Waals surface area (Å²) in [7, 11) is 0. The van der Waals surface area contributed by atoms with Gasteiger partial charge in [-0.05, 0) is 31.7 Å². The number of aryl methyl sites for hydroxylation is 2. The molecule has 1 unspecified atom stereocenters. The molecule has 2 rings (SSSR count). The average Bonchev–Trinajstić information content (AvgIpc) is 2.64. The maximum Gasteiger partial charge on any atom is 0.223 e. The molecule has 0 radical (unpaired) electrons. The largest absolute Gasteiger partial charge is 0.350 e. The first-order chi connectivity index (χ1) is 6.79. The highest BCUT2D eigenvalue weighted by Gasteiger charge is 2.13. The van der Waals surface area contributed by atoms with Crippen molar-refractivity contribution in [3.8, 4) is 0 Å². The van der Waals surface area contributed by atoms with E-state index in [-0.39, 0.29) is 6.04 Å². The molecular weight excluding hydrogens is 176 g/mol. The van der Waals surface area contributed by atoms with Crippen LogP contribution in [-0.2, 0) is 12.8 Å². The third-order valence-electron chi connectivity index (χ3n) is 2.54. The predicted octanol–water partition coefficient (Wildman–Crippen LogP) is 0.724. The molecule has 0 bridgehead atoms. The van der Waals surface area contributed by atoms with Crippen LogP contribution in [0.15, 0.2) is 6.20 Å². The van der Waals surface area contributed by atoms with Crippen LogP contribution in [0.1, 0.15) is 24.6 Å². The molecule has 1 atom stereocenters. The van der Waals surface area contributed by atoms with Gasteiger partial charge in [-0.2, -0.15) is 0 Å². The molecule has 3 N–H and O–H groups in total. The van der Waals surface area contributed by atoms with E-state index in [1.54, 1.807) is 0 Å². The SMILES string of the molecule is CC(CN)Nc1ncc2c(n1)CCC2. The van der Waals surface area contributed by atoms with Gasteiger partial charge in [0.25, 0.3) is 0 Å². The zero-order valence-corrected chi connectivity index (χ0v) is 8.45. The molecular formula is C10H16N4. The highest BCUT2D eigenvalue weighted by atomic mass is 15.1. The van der Waals surface area contributed by atoms with E-state index in [9.17, 15) is 0 Å². The Morgan fingerprint density at radius 1 is 1.57 bits per heavy atom. The van der Waals surface area contributed by atoms with Gasteiger partial charge in [0.15, 0.2) is 0 Å². The number of nitrogens with two attached hydrogens (primary N) is 1. The Labute approximate surface area is 83.9 Å². The fraction of sp³-hybridized carbons (Fsp3) is 0.600. The molecule has 1 aliphatic rings. The summed E-state index contributed by atoms with van der Waals surface area (Å²) in [4.78, 5) is 8.72. The Bertz CT molecular complexity index is 324. The van der Waals surface area contributed by atoms with Crippen LogP contribution in [-0.4, -0.2) is 22.6 Å². The Hall–Kier alpha value is -1.16. The Kier molecular flexibility index (Phi) is 2.63. The van der Waals surface area contributed by atoms with Gasteiger partial charge in [-0.15, -0.1) is 0 Å². The molecule has 4 nitrogen and oxygen atoms in total. The van der Waals surface area contributed by atoms with E-state index in [2.05, 4.69) is 15.3 Å². The molecule has 1 aromatic heterocycles. The van der Waals surface area contributed by atoms with Crippen LogP contribution in [0.4, 0.5) is 5.95 Å². The Balaban J connectivity index is 2.12. The van der Waals surface area contributed by atoms with E-state index in [1.165, 1.54) is 17.7 Å². The van der Waals surface area contributed by atoms with E-state index >= 15 is 0 Å². The summed E-state index contributed by atoms with van der Waals surface area (Å²) in [6.07, 6.45) is 5.35. The number of fused-ring (bicyclic) bond motifs is 1. The molecule has 1 aromatic rings. The quantitative estimate of drug-likeness (QED) is 0.741. The number of aromatic nitrogens is 2. The average molecular weight is 192 g/mol. The van der Waals surface area contributed by atoms with Crippen LogP contribution < -0.4 is 11.1 Å². The molecule has 0 aliphatic heterocycles. The van der Waals surface area contributed by atoms with Gasteiger partial charge in [-0.1, -0.05) is 0 Å². The normalized spacial score (nSPS) is 16.4. The molecule has 0 spiro atoms. The lowest BCUT2D eigenvalue weighted by molar-refractivity contribution is 0.787. The van der Waals surface area contributed by atoms with Crippen LogP contribution in [0.25, 0.3) is 0 Å². The molecule has 0 aromatic carbocycles. The molecule has 4 heteroatoms. The second-order valence-corrected chi connectivity index (χ2v) is 3.80. The van der Waals surface area contributed by atoms with Crippen molar-refractivity contribution in [3.63, 3.8) is 0 Å². The van der Waals surface area contributed by atoms with E-state index in [4.69, 9.17) is 5.73 Å². The van der Waals surface area contributed by atoms with Gasteiger partial charge >= 0.3 is 0 Å². The number of anilines is 1. The monoisotopic (exact) mass is 192 g/mol. The van der Waals surface area contributed by atoms with Crippen molar-refractivity contribution in [2.75, 3.05) is 11.9 Å². The van der Waals surface area contributed by atoms with Gasteiger partial charge in [-0.25, -0.2) is 9.97 Å². The van der Waals surface area contributed by atoms with E-state index in [1.807, 2.05) is 13.1 Å². The maximum absolute atomic E-state index is 5.51.